The van der Waals surface area contributed by atoms with Crippen molar-refractivity contribution < 1.29 is 33.3 Å². The van der Waals surface area contributed by atoms with Crippen LogP contribution in [-0.2, 0) is 11.2 Å². The summed E-state index contributed by atoms with van der Waals surface area (Å²) in [7, 11) is 0. The molecule has 0 aromatic heterocycles. The molecule has 1 fully saturated rings. The summed E-state index contributed by atoms with van der Waals surface area (Å²) in [5.74, 6) is 0. The molecule has 1 saturated heterocycles. The quantitative estimate of drug-likeness (QED) is 0.400. The summed E-state index contributed by atoms with van der Waals surface area (Å²) in [5, 5.41) is 1.50. The number of hydrogen-bond donors (Lipinski definition) is 0. The van der Waals surface area contributed by atoms with E-state index in [0.717, 1.165) is 39.1 Å². The van der Waals surface area contributed by atoms with Crippen molar-refractivity contribution in [2.24, 2.45) is 0 Å². The van der Waals surface area contributed by atoms with E-state index in [1.807, 2.05) is 11.8 Å². The van der Waals surface area contributed by atoms with Gasteiger partial charge in [0.1, 0.15) is 13.2 Å². The SMILES string of the molecule is CSC(CCc1ccc(C)cc1)=[N+]1CCOCC1.[I-]. The normalized spacial score (nSPS) is 14.9. The van der Waals surface area contributed by atoms with E-state index in [4.69, 9.17) is 4.74 Å². The predicted octanol–water partition coefficient (Wildman–Crippen LogP) is -0.264. The van der Waals surface area contributed by atoms with E-state index < -0.39 is 0 Å². The lowest BCUT2D eigenvalue weighted by atomic mass is 10.1. The Hall–Kier alpha value is -0.0700. The fourth-order valence-corrected chi connectivity index (χ4v) is 2.96. The lowest BCUT2D eigenvalue weighted by Gasteiger charge is -2.14. The third-order valence-corrected chi connectivity index (χ3v) is 4.28. The first kappa shape index (κ1) is 17.0. The Labute approximate surface area is 137 Å². The predicted molar refractivity (Wildman–Crippen MR) is 78.8 cm³/mol. The fraction of sp³-hybridized carbons (Fsp3) is 0.533. The molecule has 1 aliphatic rings. The molecule has 0 unspecified atom stereocenters. The fourth-order valence-electron chi connectivity index (χ4n) is 2.21. The molecular formula is C15H22INOS. The van der Waals surface area contributed by atoms with Crippen LogP contribution in [0.25, 0.3) is 0 Å². The standard InChI is InChI=1S/C15H22NOS.HI/c1-13-3-5-14(6-4-13)7-8-15(18-2)16-9-11-17-12-10-16;/h3-6H,7-12H2,1-2H3;1H/q+1;/p-1. The van der Waals surface area contributed by atoms with Crippen LogP contribution >= 0.6 is 11.8 Å². The molecule has 0 radical (unpaired) electrons. The average molecular weight is 391 g/mol. The van der Waals surface area contributed by atoms with E-state index in [2.05, 4.69) is 42.0 Å². The molecule has 4 heteroatoms. The zero-order valence-electron chi connectivity index (χ0n) is 11.7. The molecule has 0 atom stereocenters. The minimum absolute atomic E-state index is 0. The second-order valence-electron chi connectivity index (χ2n) is 4.68. The molecule has 106 valence electrons. The van der Waals surface area contributed by atoms with Crippen molar-refractivity contribution in [1.82, 2.24) is 0 Å². The number of rotatable bonds is 3. The number of thioether (sulfide) groups is 1. The van der Waals surface area contributed by atoms with Gasteiger partial charge in [0.15, 0.2) is 13.1 Å². The second kappa shape index (κ2) is 8.97. The van der Waals surface area contributed by atoms with Crippen molar-refractivity contribution in [2.75, 3.05) is 32.6 Å². The van der Waals surface area contributed by atoms with Crippen LogP contribution in [-0.4, -0.2) is 42.2 Å². The molecule has 0 saturated carbocycles. The lowest BCUT2D eigenvalue weighted by Crippen LogP contribution is -3.00. The summed E-state index contributed by atoms with van der Waals surface area (Å²) in [4.78, 5) is 0. The van der Waals surface area contributed by atoms with Crippen molar-refractivity contribution in [3.63, 3.8) is 0 Å². The zero-order valence-corrected chi connectivity index (χ0v) is 14.7. The number of ether oxygens (including phenoxy) is 1. The van der Waals surface area contributed by atoms with Gasteiger partial charge in [-0.25, -0.2) is 4.58 Å². The number of halogens is 1. The molecule has 2 nitrogen and oxygen atoms in total. The van der Waals surface area contributed by atoms with Gasteiger partial charge in [0.25, 0.3) is 0 Å². The molecule has 2 rings (SSSR count). The van der Waals surface area contributed by atoms with E-state index in [1.54, 1.807) is 0 Å². The molecule has 0 amide bonds. The average Bonchev–Trinajstić information content (AvgIpc) is 2.43. The van der Waals surface area contributed by atoms with E-state index in [1.165, 1.54) is 16.2 Å². The summed E-state index contributed by atoms with van der Waals surface area (Å²) in [6, 6.07) is 8.88. The van der Waals surface area contributed by atoms with Crippen LogP contribution in [0.2, 0.25) is 0 Å². The highest BCUT2D eigenvalue weighted by molar-refractivity contribution is 8.13. The highest BCUT2D eigenvalue weighted by atomic mass is 127. The number of morpholine rings is 1. The lowest BCUT2D eigenvalue weighted by molar-refractivity contribution is -0.547. The second-order valence-corrected chi connectivity index (χ2v) is 5.56. The summed E-state index contributed by atoms with van der Waals surface area (Å²) >= 11 is 1.89. The first-order valence-electron chi connectivity index (χ1n) is 6.57. The Kier molecular flexibility index (Phi) is 8.02. The zero-order chi connectivity index (χ0) is 12.8. The minimum atomic E-state index is 0. The Morgan fingerprint density at radius 3 is 2.42 bits per heavy atom. The Balaban J connectivity index is 0.00000180. The van der Waals surface area contributed by atoms with Crippen molar-refractivity contribution in [3.8, 4) is 0 Å². The Morgan fingerprint density at radius 1 is 1.21 bits per heavy atom. The maximum absolute atomic E-state index is 5.41. The van der Waals surface area contributed by atoms with Crippen LogP contribution in [0, 0.1) is 6.92 Å². The molecule has 0 N–H and O–H groups in total. The van der Waals surface area contributed by atoms with E-state index >= 15 is 0 Å². The van der Waals surface area contributed by atoms with Gasteiger partial charge in [0, 0.05) is 6.42 Å². The van der Waals surface area contributed by atoms with Crippen molar-refractivity contribution in [1.29, 1.82) is 0 Å². The molecule has 0 aliphatic carbocycles. The largest absolute Gasteiger partial charge is 1.00 e. The maximum Gasteiger partial charge on any atom is 0.210 e. The third kappa shape index (κ3) is 5.44. The monoisotopic (exact) mass is 391 g/mol. The summed E-state index contributed by atoms with van der Waals surface area (Å²) in [5.41, 5.74) is 2.77. The van der Waals surface area contributed by atoms with Gasteiger partial charge in [0.05, 0.1) is 0 Å². The topological polar surface area (TPSA) is 12.2 Å². The Morgan fingerprint density at radius 2 is 1.84 bits per heavy atom. The number of hydrogen-bond acceptors (Lipinski definition) is 2. The molecule has 0 bridgehead atoms. The molecule has 19 heavy (non-hydrogen) atoms. The smallest absolute Gasteiger partial charge is 0.210 e. The number of nitrogens with zero attached hydrogens (tertiary/aromatic N) is 1. The van der Waals surface area contributed by atoms with Gasteiger partial charge in [-0.3, -0.25) is 0 Å². The van der Waals surface area contributed by atoms with Crippen LogP contribution in [0.1, 0.15) is 17.5 Å². The summed E-state index contributed by atoms with van der Waals surface area (Å²) in [6.45, 7) is 5.97. The van der Waals surface area contributed by atoms with Gasteiger partial charge in [0.2, 0.25) is 5.04 Å². The number of aryl methyl sites for hydroxylation is 2. The van der Waals surface area contributed by atoms with Gasteiger partial charge in [-0.05, 0) is 25.2 Å². The molecule has 1 heterocycles. The van der Waals surface area contributed by atoms with Crippen LogP contribution in [0.3, 0.4) is 0 Å². The van der Waals surface area contributed by atoms with Crippen molar-refractivity contribution >= 4 is 16.8 Å². The molecule has 1 aliphatic heterocycles. The molecule has 0 spiro atoms. The van der Waals surface area contributed by atoms with Crippen LogP contribution in [0.15, 0.2) is 24.3 Å². The summed E-state index contributed by atoms with van der Waals surface area (Å²) < 4.78 is 7.88. The first-order chi connectivity index (χ1) is 8.79. The maximum atomic E-state index is 5.41. The first-order valence-corrected chi connectivity index (χ1v) is 7.80. The van der Waals surface area contributed by atoms with Gasteiger partial charge in [-0.2, -0.15) is 0 Å². The third-order valence-electron chi connectivity index (χ3n) is 3.35. The van der Waals surface area contributed by atoms with Gasteiger partial charge < -0.3 is 28.7 Å². The van der Waals surface area contributed by atoms with Gasteiger partial charge in [-0.15, -0.1) is 0 Å². The van der Waals surface area contributed by atoms with Crippen molar-refractivity contribution in [3.05, 3.63) is 35.4 Å². The Bertz CT molecular complexity index is 409. The minimum Gasteiger partial charge on any atom is -1.00 e. The van der Waals surface area contributed by atoms with E-state index in [-0.39, 0.29) is 24.0 Å². The molecular weight excluding hydrogens is 369 g/mol. The van der Waals surface area contributed by atoms with Gasteiger partial charge in [-0.1, -0.05) is 41.6 Å². The van der Waals surface area contributed by atoms with Crippen molar-refractivity contribution in [2.45, 2.75) is 19.8 Å². The van der Waals surface area contributed by atoms with Crippen LogP contribution in [0.4, 0.5) is 0 Å². The van der Waals surface area contributed by atoms with E-state index in [9.17, 15) is 0 Å². The van der Waals surface area contributed by atoms with Gasteiger partial charge >= 0.3 is 0 Å². The molecule has 1 aromatic rings. The van der Waals surface area contributed by atoms with Crippen LogP contribution < -0.4 is 24.0 Å². The highest BCUT2D eigenvalue weighted by Crippen LogP contribution is 2.11. The molecule has 1 aromatic carbocycles. The number of benzene rings is 1. The highest BCUT2D eigenvalue weighted by Gasteiger charge is 2.17. The van der Waals surface area contributed by atoms with E-state index in [0.29, 0.717) is 0 Å². The van der Waals surface area contributed by atoms with Crippen LogP contribution in [0.5, 0.6) is 0 Å². The summed E-state index contributed by atoms with van der Waals surface area (Å²) in [6.07, 6.45) is 4.46.